The summed E-state index contributed by atoms with van der Waals surface area (Å²) in [6.45, 7) is 2.34. The number of rotatable bonds is 7. The quantitative estimate of drug-likeness (QED) is 0.516. The van der Waals surface area contributed by atoms with E-state index >= 15 is 0 Å². The molecular formula is C20H24ClNO4S. The average molecular weight is 410 g/mol. The van der Waals surface area contributed by atoms with Gasteiger partial charge in [0.1, 0.15) is 5.75 Å². The second kappa shape index (κ2) is 8.61. The third-order valence-electron chi connectivity index (χ3n) is 4.53. The van der Waals surface area contributed by atoms with Gasteiger partial charge in [0.2, 0.25) is 0 Å². The molecule has 1 unspecified atom stereocenters. The Kier molecular flexibility index (Phi) is 6.42. The normalized spacial score (nSPS) is 17.5. The first-order valence-electron chi connectivity index (χ1n) is 8.86. The molecule has 1 heterocycles. The molecule has 0 bridgehead atoms. The largest absolute Gasteiger partial charge is 0.493 e. The van der Waals surface area contributed by atoms with E-state index < -0.39 is 10.1 Å². The molecule has 3 rings (SSSR count). The Labute approximate surface area is 166 Å². The third-order valence-corrected chi connectivity index (χ3v) is 5.36. The number of fused-ring (bicyclic) bond motifs is 1. The summed E-state index contributed by atoms with van der Waals surface area (Å²) < 4.78 is 32.4. The van der Waals surface area contributed by atoms with Gasteiger partial charge in [0.25, 0.3) is 10.1 Å². The topological polar surface area (TPSA) is 55.8 Å². The molecule has 0 aliphatic carbocycles. The van der Waals surface area contributed by atoms with E-state index in [9.17, 15) is 8.42 Å². The van der Waals surface area contributed by atoms with Crippen molar-refractivity contribution in [3.8, 4) is 5.75 Å². The summed E-state index contributed by atoms with van der Waals surface area (Å²) in [7, 11) is -1.29. The van der Waals surface area contributed by atoms with Crippen molar-refractivity contribution >= 4 is 21.7 Å². The highest BCUT2D eigenvalue weighted by molar-refractivity contribution is 7.85. The summed E-state index contributed by atoms with van der Waals surface area (Å²) in [5.74, 6) is 1.06. The van der Waals surface area contributed by atoms with Crippen LogP contribution in [0.2, 0.25) is 5.02 Å². The van der Waals surface area contributed by atoms with Gasteiger partial charge in [0.05, 0.1) is 19.5 Å². The summed E-state index contributed by atoms with van der Waals surface area (Å²) in [6.07, 6.45) is 1.55. The molecule has 0 aromatic heterocycles. The lowest BCUT2D eigenvalue weighted by atomic mass is 9.85. The Morgan fingerprint density at radius 1 is 1.19 bits per heavy atom. The molecule has 146 valence electrons. The summed E-state index contributed by atoms with van der Waals surface area (Å²) >= 11 is 6.18. The SMILES string of the molecule is CN1Cc2cc(OCCCOS(C)(=O)=O)ccc2C(c2cccc(Cl)c2)C1. The Bertz CT molecular complexity index is 901. The van der Waals surface area contributed by atoms with Gasteiger partial charge in [-0.05, 0) is 48.0 Å². The van der Waals surface area contributed by atoms with Crippen molar-refractivity contribution < 1.29 is 17.3 Å². The van der Waals surface area contributed by atoms with Crippen LogP contribution in [0.5, 0.6) is 5.75 Å². The first-order chi connectivity index (χ1) is 12.8. The number of halogens is 1. The lowest BCUT2D eigenvalue weighted by molar-refractivity contribution is 0.250. The Hall–Kier alpha value is -1.60. The van der Waals surface area contributed by atoms with E-state index in [0.29, 0.717) is 13.0 Å². The molecule has 0 fully saturated rings. The van der Waals surface area contributed by atoms with Gasteiger partial charge in [0.15, 0.2) is 0 Å². The summed E-state index contributed by atoms with van der Waals surface area (Å²) in [5, 5.41) is 0.749. The second-order valence-corrected chi connectivity index (χ2v) is 8.97. The molecule has 7 heteroatoms. The fourth-order valence-electron chi connectivity index (χ4n) is 3.38. The smallest absolute Gasteiger partial charge is 0.264 e. The van der Waals surface area contributed by atoms with E-state index in [-0.39, 0.29) is 12.5 Å². The van der Waals surface area contributed by atoms with E-state index in [4.69, 9.17) is 20.5 Å². The molecule has 1 aliphatic heterocycles. The van der Waals surface area contributed by atoms with Crippen LogP contribution in [0.15, 0.2) is 42.5 Å². The maximum atomic E-state index is 10.9. The van der Waals surface area contributed by atoms with Crippen molar-refractivity contribution in [2.45, 2.75) is 18.9 Å². The van der Waals surface area contributed by atoms with Crippen LogP contribution in [0.3, 0.4) is 0 Å². The first kappa shape index (κ1) is 20.1. The van der Waals surface area contributed by atoms with Gasteiger partial charge in [-0.3, -0.25) is 4.18 Å². The molecule has 0 N–H and O–H groups in total. The van der Waals surface area contributed by atoms with Crippen LogP contribution >= 0.6 is 11.6 Å². The van der Waals surface area contributed by atoms with E-state index in [1.165, 1.54) is 16.7 Å². The molecular weight excluding hydrogens is 386 g/mol. The summed E-state index contributed by atoms with van der Waals surface area (Å²) in [6, 6.07) is 14.2. The van der Waals surface area contributed by atoms with Gasteiger partial charge < -0.3 is 9.64 Å². The maximum Gasteiger partial charge on any atom is 0.264 e. The van der Waals surface area contributed by atoms with Crippen molar-refractivity contribution in [2.75, 3.05) is 33.1 Å². The highest BCUT2D eigenvalue weighted by atomic mass is 35.5. The van der Waals surface area contributed by atoms with Gasteiger partial charge in [-0.25, -0.2) is 0 Å². The Balaban J connectivity index is 1.69. The Morgan fingerprint density at radius 3 is 2.74 bits per heavy atom. The monoisotopic (exact) mass is 409 g/mol. The number of ether oxygens (including phenoxy) is 1. The van der Waals surface area contributed by atoms with Crippen LogP contribution < -0.4 is 4.74 Å². The zero-order valence-corrected chi connectivity index (χ0v) is 17.1. The van der Waals surface area contributed by atoms with Gasteiger partial charge in [-0.15, -0.1) is 0 Å². The third kappa shape index (κ3) is 5.69. The van der Waals surface area contributed by atoms with E-state index in [0.717, 1.165) is 30.1 Å². The van der Waals surface area contributed by atoms with Crippen molar-refractivity contribution in [1.29, 1.82) is 0 Å². The van der Waals surface area contributed by atoms with Crippen LogP contribution in [0.25, 0.3) is 0 Å². The number of benzene rings is 2. The lowest BCUT2D eigenvalue weighted by Crippen LogP contribution is -2.31. The summed E-state index contributed by atoms with van der Waals surface area (Å²) in [5.41, 5.74) is 3.74. The maximum absolute atomic E-state index is 10.9. The van der Waals surface area contributed by atoms with Crippen LogP contribution in [-0.4, -0.2) is 46.4 Å². The molecule has 2 aromatic rings. The molecule has 1 atom stereocenters. The molecule has 1 aliphatic rings. The molecule has 0 saturated heterocycles. The van der Waals surface area contributed by atoms with E-state index in [1.807, 2.05) is 24.3 Å². The molecule has 0 saturated carbocycles. The minimum atomic E-state index is -3.39. The predicted octanol–water partition coefficient (Wildman–Crippen LogP) is 3.66. The zero-order valence-electron chi connectivity index (χ0n) is 15.5. The summed E-state index contributed by atoms with van der Waals surface area (Å²) in [4.78, 5) is 2.29. The molecule has 27 heavy (non-hydrogen) atoms. The van der Waals surface area contributed by atoms with Crippen LogP contribution in [0.4, 0.5) is 0 Å². The highest BCUT2D eigenvalue weighted by Crippen LogP contribution is 2.35. The van der Waals surface area contributed by atoms with Crippen LogP contribution in [-0.2, 0) is 20.8 Å². The van der Waals surface area contributed by atoms with Crippen molar-refractivity contribution in [1.82, 2.24) is 4.90 Å². The molecule has 0 amide bonds. The predicted molar refractivity (Wildman–Crippen MR) is 107 cm³/mol. The van der Waals surface area contributed by atoms with Gasteiger partial charge in [0, 0.05) is 30.5 Å². The zero-order chi connectivity index (χ0) is 19.4. The minimum absolute atomic E-state index is 0.128. The fourth-order valence-corrected chi connectivity index (χ4v) is 4.00. The lowest BCUT2D eigenvalue weighted by Gasteiger charge is -2.33. The van der Waals surface area contributed by atoms with Crippen molar-refractivity contribution in [3.63, 3.8) is 0 Å². The molecule has 0 radical (unpaired) electrons. The number of nitrogens with zero attached hydrogens (tertiary/aromatic N) is 1. The number of likely N-dealkylation sites (N-methyl/N-ethyl adjacent to an activating group) is 1. The standard InChI is InChI=1S/C20H24ClNO4S/c1-22-13-16-12-18(25-9-4-10-26-27(2,23)24)7-8-19(16)20(14-22)15-5-3-6-17(21)11-15/h3,5-8,11-12,20H,4,9-10,13-14H2,1-2H3. The van der Waals surface area contributed by atoms with Crippen molar-refractivity contribution in [3.05, 3.63) is 64.2 Å². The average Bonchev–Trinajstić information content (AvgIpc) is 2.59. The second-order valence-electron chi connectivity index (χ2n) is 6.89. The van der Waals surface area contributed by atoms with Gasteiger partial charge in [-0.2, -0.15) is 8.42 Å². The molecule has 2 aromatic carbocycles. The number of hydrogen-bond donors (Lipinski definition) is 0. The van der Waals surface area contributed by atoms with Crippen LogP contribution in [0, 0.1) is 0 Å². The fraction of sp³-hybridized carbons (Fsp3) is 0.400. The van der Waals surface area contributed by atoms with Crippen molar-refractivity contribution in [2.24, 2.45) is 0 Å². The first-order valence-corrected chi connectivity index (χ1v) is 11.1. The molecule has 0 spiro atoms. The number of hydrogen-bond acceptors (Lipinski definition) is 5. The highest BCUT2D eigenvalue weighted by Gasteiger charge is 2.25. The minimum Gasteiger partial charge on any atom is -0.493 e. The van der Waals surface area contributed by atoms with Gasteiger partial charge in [-0.1, -0.05) is 29.8 Å². The van der Waals surface area contributed by atoms with Gasteiger partial charge >= 0.3 is 0 Å². The van der Waals surface area contributed by atoms with E-state index in [2.05, 4.69) is 30.1 Å². The van der Waals surface area contributed by atoms with Crippen LogP contribution in [0.1, 0.15) is 29.0 Å². The molecule has 5 nitrogen and oxygen atoms in total. The van der Waals surface area contributed by atoms with E-state index in [1.54, 1.807) is 0 Å². The Morgan fingerprint density at radius 2 is 2.00 bits per heavy atom.